The third-order valence-electron chi connectivity index (χ3n) is 4.42. The fraction of sp³-hybridized carbons (Fsp3) is 0.100. The molecule has 1 aromatic heterocycles. The first-order valence-electron chi connectivity index (χ1n) is 9.02. The quantitative estimate of drug-likeness (QED) is 0.773. The van der Waals surface area contributed by atoms with Gasteiger partial charge in [-0.05, 0) is 42.5 Å². The van der Waals surface area contributed by atoms with Crippen molar-refractivity contribution >= 4 is 39.0 Å². The Morgan fingerprint density at radius 2 is 1.77 bits per heavy atom. The van der Waals surface area contributed by atoms with E-state index in [2.05, 4.69) is 20.0 Å². The highest BCUT2D eigenvalue weighted by Gasteiger charge is 2.30. The van der Waals surface area contributed by atoms with Crippen LogP contribution in [-0.2, 0) is 14.8 Å². The van der Waals surface area contributed by atoms with Gasteiger partial charge in [0.25, 0.3) is 21.8 Å². The lowest BCUT2D eigenvalue weighted by Gasteiger charge is -2.28. The second kappa shape index (κ2) is 7.91. The van der Waals surface area contributed by atoms with E-state index in [0.717, 1.165) is 0 Å². The topological polar surface area (TPSA) is 121 Å². The Kier molecular flexibility index (Phi) is 5.15. The normalized spacial score (nSPS) is 16.7. The van der Waals surface area contributed by atoms with Gasteiger partial charge in [0.2, 0.25) is 0 Å². The maximum absolute atomic E-state index is 12.8. The molecule has 3 heterocycles. The summed E-state index contributed by atoms with van der Waals surface area (Å²) >= 11 is 0. The molecule has 0 saturated heterocycles. The predicted octanol–water partition coefficient (Wildman–Crippen LogP) is 1.77. The smallest absolute Gasteiger partial charge is 0.259 e. The van der Waals surface area contributed by atoms with Gasteiger partial charge in [0, 0.05) is 42.1 Å². The minimum atomic E-state index is -3.61. The number of hydrogen-bond donors (Lipinski definition) is 2. The Morgan fingerprint density at radius 1 is 1.00 bits per heavy atom. The van der Waals surface area contributed by atoms with Crippen molar-refractivity contribution in [2.45, 2.75) is 0 Å². The van der Waals surface area contributed by atoms with Crippen LogP contribution in [0.1, 0.15) is 10.4 Å². The van der Waals surface area contributed by atoms with E-state index in [1.807, 2.05) is 0 Å². The van der Waals surface area contributed by atoms with Gasteiger partial charge in [0.15, 0.2) is 5.84 Å². The van der Waals surface area contributed by atoms with Crippen molar-refractivity contribution in [3.05, 3.63) is 78.3 Å². The summed E-state index contributed by atoms with van der Waals surface area (Å²) in [5, 5.41) is 5.44. The molecule has 0 fully saturated rings. The molecule has 0 aliphatic carbocycles. The number of nitrogens with one attached hydrogen (secondary N) is 2. The monoisotopic (exact) mass is 423 g/mol. The van der Waals surface area contributed by atoms with Crippen LogP contribution < -0.4 is 10.6 Å². The van der Waals surface area contributed by atoms with Crippen LogP contribution in [0.4, 0.5) is 11.4 Å². The molecule has 9 nitrogen and oxygen atoms in total. The van der Waals surface area contributed by atoms with Crippen molar-refractivity contribution in [3.8, 4) is 0 Å². The van der Waals surface area contributed by atoms with Gasteiger partial charge in [-0.15, -0.1) is 4.40 Å². The van der Waals surface area contributed by atoms with Crippen LogP contribution in [0.3, 0.4) is 0 Å². The molecule has 4 rings (SSSR count). The van der Waals surface area contributed by atoms with Crippen LogP contribution in [0.5, 0.6) is 0 Å². The summed E-state index contributed by atoms with van der Waals surface area (Å²) in [5.74, 6) is -0.879. The molecule has 30 heavy (non-hydrogen) atoms. The second-order valence-corrected chi connectivity index (χ2v) is 8.30. The van der Waals surface area contributed by atoms with Crippen LogP contribution in [0.2, 0.25) is 0 Å². The summed E-state index contributed by atoms with van der Waals surface area (Å²) in [4.78, 5) is 30.8. The molecule has 1 aromatic carbocycles. The lowest BCUT2D eigenvalue weighted by atomic mass is 10.1. The number of fused-ring (bicyclic) bond motifs is 1. The van der Waals surface area contributed by atoms with E-state index in [-0.39, 0.29) is 29.6 Å². The Balaban J connectivity index is 1.52. The van der Waals surface area contributed by atoms with Crippen molar-refractivity contribution in [1.29, 1.82) is 0 Å². The zero-order chi connectivity index (χ0) is 21.1. The molecule has 2 N–H and O–H groups in total. The van der Waals surface area contributed by atoms with Gasteiger partial charge in [-0.1, -0.05) is 6.07 Å². The minimum absolute atomic E-state index is 0.0906. The number of allylic oxidation sites excluding steroid dienone is 2. The van der Waals surface area contributed by atoms with Gasteiger partial charge in [0.1, 0.15) is 0 Å². The fourth-order valence-electron chi connectivity index (χ4n) is 2.97. The summed E-state index contributed by atoms with van der Waals surface area (Å²) in [7, 11) is -3.61. The van der Waals surface area contributed by atoms with E-state index in [1.165, 1.54) is 12.1 Å². The molecular formula is C20H17N5O4S. The first-order chi connectivity index (χ1) is 14.4. The standard InChI is InChI=1S/C20H17N5O4S/c26-19(22-15-6-8-21-9-7-15)14-3-1-4-16(13-14)23-20(27)17-5-2-10-25-11-12-30(28,29)24-18(17)25/h1-10,13H,11-12H2,(H,23,27)(H,21,22,26). The number of hydrogen-bond acceptors (Lipinski definition) is 6. The molecule has 2 aliphatic heterocycles. The van der Waals surface area contributed by atoms with Crippen LogP contribution in [-0.4, -0.2) is 48.2 Å². The van der Waals surface area contributed by atoms with E-state index in [4.69, 9.17) is 0 Å². The number of carbonyl (C=O) groups excluding carboxylic acids is 2. The number of nitrogens with zero attached hydrogens (tertiary/aromatic N) is 3. The van der Waals surface area contributed by atoms with Crippen LogP contribution in [0, 0.1) is 0 Å². The highest BCUT2D eigenvalue weighted by atomic mass is 32.2. The van der Waals surface area contributed by atoms with Crippen LogP contribution in [0.25, 0.3) is 0 Å². The Morgan fingerprint density at radius 3 is 2.57 bits per heavy atom. The first-order valence-corrected chi connectivity index (χ1v) is 10.6. The molecule has 0 unspecified atom stereocenters. The molecule has 0 bridgehead atoms. The maximum atomic E-state index is 12.8. The number of aromatic nitrogens is 1. The number of anilines is 2. The molecule has 0 atom stereocenters. The largest absolute Gasteiger partial charge is 0.331 e. The zero-order valence-electron chi connectivity index (χ0n) is 15.6. The third kappa shape index (κ3) is 4.28. The Bertz CT molecular complexity index is 1200. The van der Waals surface area contributed by atoms with E-state index in [0.29, 0.717) is 16.9 Å². The number of benzene rings is 1. The number of sulfonamides is 1. The van der Waals surface area contributed by atoms with E-state index in [1.54, 1.807) is 59.9 Å². The van der Waals surface area contributed by atoms with Crippen molar-refractivity contribution < 1.29 is 18.0 Å². The van der Waals surface area contributed by atoms with Gasteiger partial charge < -0.3 is 15.5 Å². The summed E-state index contributed by atoms with van der Waals surface area (Å²) in [5.41, 5.74) is 1.47. The average molecular weight is 423 g/mol. The highest BCUT2D eigenvalue weighted by Crippen LogP contribution is 2.20. The zero-order valence-corrected chi connectivity index (χ0v) is 16.5. The number of amidine groups is 1. The Labute approximate surface area is 172 Å². The third-order valence-corrected chi connectivity index (χ3v) is 5.57. The van der Waals surface area contributed by atoms with Crippen molar-refractivity contribution in [3.63, 3.8) is 0 Å². The lowest BCUT2D eigenvalue weighted by molar-refractivity contribution is -0.112. The molecular weight excluding hydrogens is 406 g/mol. The van der Waals surface area contributed by atoms with Gasteiger partial charge in [-0.3, -0.25) is 14.6 Å². The van der Waals surface area contributed by atoms with Crippen molar-refractivity contribution in [2.24, 2.45) is 4.40 Å². The molecule has 2 aromatic rings. The van der Waals surface area contributed by atoms with Gasteiger partial charge in [-0.2, -0.15) is 0 Å². The van der Waals surface area contributed by atoms with E-state index < -0.39 is 15.9 Å². The van der Waals surface area contributed by atoms with Crippen molar-refractivity contribution in [2.75, 3.05) is 22.9 Å². The number of pyridine rings is 1. The maximum Gasteiger partial charge on any atom is 0.259 e. The van der Waals surface area contributed by atoms with Crippen LogP contribution >= 0.6 is 0 Å². The molecule has 2 amide bonds. The van der Waals surface area contributed by atoms with Gasteiger partial charge >= 0.3 is 0 Å². The summed E-state index contributed by atoms with van der Waals surface area (Å²) in [6.07, 6.45) is 7.97. The van der Waals surface area contributed by atoms with Crippen molar-refractivity contribution in [1.82, 2.24) is 9.88 Å². The predicted molar refractivity (Wildman–Crippen MR) is 112 cm³/mol. The molecule has 0 spiro atoms. The molecule has 10 heteroatoms. The average Bonchev–Trinajstić information content (AvgIpc) is 2.73. The van der Waals surface area contributed by atoms with E-state index >= 15 is 0 Å². The minimum Gasteiger partial charge on any atom is -0.331 e. The first kappa shape index (κ1) is 19.5. The van der Waals surface area contributed by atoms with Crippen LogP contribution in [0.15, 0.2) is 77.1 Å². The van der Waals surface area contributed by atoms with E-state index in [9.17, 15) is 18.0 Å². The summed E-state index contributed by atoms with van der Waals surface area (Å²) in [6.45, 7) is 0.229. The summed E-state index contributed by atoms with van der Waals surface area (Å²) < 4.78 is 27.5. The molecule has 0 radical (unpaired) electrons. The SMILES string of the molecule is O=C(Nc1cccc(C(=O)Nc2ccncc2)c1)C1=CC=CN2CCS(=O)(=O)N=C12. The number of rotatable bonds is 4. The van der Waals surface area contributed by atoms with Gasteiger partial charge in [-0.25, -0.2) is 8.42 Å². The second-order valence-electron chi connectivity index (χ2n) is 6.54. The Hall–Kier alpha value is -3.79. The number of amides is 2. The fourth-order valence-corrected chi connectivity index (χ4v) is 3.95. The van der Waals surface area contributed by atoms with Gasteiger partial charge in [0.05, 0.1) is 11.3 Å². The summed E-state index contributed by atoms with van der Waals surface area (Å²) in [6, 6.07) is 9.76. The highest BCUT2D eigenvalue weighted by molar-refractivity contribution is 7.90. The lowest BCUT2D eigenvalue weighted by Crippen LogP contribution is -2.40. The molecule has 152 valence electrons. The number of carbonyl (C=O) groups is 2. The molecule has 2 aliphatic rings. The molecule has 0 saturated carbocycles.